The van der Waals surface area contributed by atoms with E-state index in [1.54, 1.807) is 0 Å². The maximum absolute atomic E-state index is 8.90. The van der Waals surface area contributed by atoms with Gasteiger partial charge in [-0.1, -0.05) is 6.42 Å². The van der Waals surface area contributed by atoms with Crippen LogP contribution in [0.3, 0.4) is 0 Å². The Hall–Kier alpha value is -0.0800. The van der Waals surface area contributed by atoms with Gasteiger partial charge < -0.3 is 9.84 Å². The van der Waals surface area contributed by atoms with Gasteiger partial charge in [-0.05, 0) is 12.8 Å². The van der Waals surface area contributed by atoms with Gasteiger partial charge in [0.2, 0.25) is 0 Å². The third-order valence-corrected chi connectivity index (χ3v) is 2.18. The van der Waals surface area contributed by atoms with Gasteiger partial charge in [0.15, 0.2) is 6.29 Å². The second-order valence-corrected chi connectivity index (χ2v) is 2.66. The van der Waals surface area contributed by atoms with Crippen molar-refractivity contribution in [3.05, 3.63) is 0 Å². The van der Waals surface area contributed by atoms with E-state index in [2.05, 4.69) is 0 Å². The molecule has 2 heteroatoms. The largest absolute Gasteiger partial charge is 0.368 e. The van der Waals surface area contributed by atoms with Gasteiger partial charge in [0.05, 0.1) is 6.10 Å². The fourth-order valence-electron chi connectivity index (χ4n) is 1.64. The maximum atomic E-state index is 8.90. The van der Waals surface area contributed by atoms with Crippen LogP contribution in [-0.2, 0) is 4.74 Å². The molecular formula is C6H10O2. The van der Waals surface area contributed by atoms with Gasteiger partial charge in [-0.2, -0.15) is 0 Å². The monoisotopic (exact) mass is 114 g/mol. The first kappa shape index (κ1) is 4.77. The maximum Gasteiger partial charge on any atom is 0.160 e. The SMILES string of the molecule is OC1OC2CCCC12. The van der Waals surface area contributed by atoms with Crippen molar-refractivity contribution in [2.24, 2.45) is 5.92 Å². The summed E-state index contributed by atoms with van der Waals surface area (Å²) in [7, 11) is 0. The zero-order valence-electron chi connectivity index (χ0n) is 4.71. The minimum absolute atomic E-state index is 0.414. The predicted molar refractivity (Wildman–Crippen MR) is 28.2 cm³/mol. The quantitative estimate of drug-likeness (QED) is 0.497. The average Bonchev–Trinajstić information content (AvgIpc) is 2.09. The third kappa shape index (κ3) is 0.446. The van der Waals surface area contributed by atoms with E-state index in [-0.39, 0.29) is 0 Å². The minimum Gasteiger partial charge on any atom is -0.368 e. The molecule has 46 valence electrons. The van der Waals surface area contributed by atoms with E-state index in [1.165, 1.54) is 19.3 Å². The number of hydrogen-bond donors (Lipinski definition) is 1. The lowest BCUT2D eigenvalue weighted by Crippen LogP contribution is -2.44. The van der Waals surface area contributed by atoms with E-state index >= 15 is 0 Å². The van der Waals surface area contributed by atoms with Crippen LogP contribution in [0.2, 0.25) is 0 Å². The van der Waals surface area contributed by atoms with Crippen LogP contribution in [-0.4, -0.2) is 17.5 Å². The normalized spacial score (nSPS) is 52.9. The molecule has 0 spiro atoms. The number of aliphatic hydroxyl groups excluding tert-OH is 1. The molecule has 0 aromatic carbocycles. The van der Waals surface area contributed by atoms with Crippen LogP contribution in [0.15, 0.2) is 0 Å². The highest BCUT2D eigenvalue weighted by molar-refractivity contribution is 4.87. The molecule has 2 nitrogen and oxygen atoms in total. The molecule has 3 unspecified atom stereocenters. The van der Waals surface area contributed by atoms with E-state index in [1.807, 2.05) is 0 Å². The van der Waals surface area contributed by atoms with Crippen molar-refractivity contribution >= 4 is 0 Å². The molecule has 1 heterocycles. The molecular weight excluding hydrogens is 104 g/mol. The summed E-state index contributed by atoms with van der Waals surface area (Å²) in [5.74, 6) is 0.495. The van der Waals surface area contributed by atoms with Crippen LogP contribution in [0, 0.1) is 5.92 Å². The molecule has 0 amide bonds. The van der Waals surface area contributed by atoms with E-state index in [4.69, 9.17) is 9.84 Å². The summed E-state index contributed by atoms with van der Waals surface area (Å²) < 4.78 is 5.02. The molecule has 8 heavy (non-hydrogen) atoms. The number of aliphatic hydroxyl groups is 1. The lowest BCUT2D eigenvalue weighted by atomic mass is 10.0. The highest BCUT2D eigenvalue weighted by Crippen LogP contribution is 2.39. The van der Waals surface area contributed by atoms with Gasteiger partial charge in [-0.25, -0.2) is 0 Å². The molecule has 0 bridgehead atoms. The fourth-order valence-corrected chi connectivity index (χ4v) is 1.64. The molecule has 1 saturated carbocycles. The molecule has 2 fully saturated rings. The summed E-state index contributed by atoms with van der Waals surface area (Å²) in [6, 6.07) is 0. The van der Waals surface area contributed by atoms with Crippen molar-refractivity contribution in [1.82, 2.24) is 0 Å². The zero-order valence-corrected chi connectivity index (χ0v) is 4.71. The van der Waals surface area contributed by atoms with Crippen molar-refractivity contribution in [2.75, 3.05) is 0 Å². The van der Waals surface area contributed by atoms with E-state index in [0.29, 0.717) is 12.0 Å². The standard InChI is InChI=1S/C6H10O2/c7-6-4-2-1-3-5(4)8-6/h4-7H,1-3H2. The fraction of sp³-hybridized carbons (Fsp3) is 1.00. The van der Waals surface area contributed by atoms with Gasteiger partial charge in [-0.3, -0.25) is 0 Å². The van der Waals surface area contributed by atoms with Crippen LogP contribution < -0.4 is 0 Å². The summed E-state index contributed by atoms with van der Waals surface area (Å²) >= 11 is 0. The Morgan fingerprint density at radius 1 is 1.38 bits per heavy atom. The first-order valence-corrected chi connectivity index (χ1v) is 3.21. The average molecular weight is 114 g/mol. The molecule has 2 aliphatic rings. The molecule has 1 N–H and O–H groups in total. The van der Waals surface area contributed by atoms with Crippen LogP contribution in [0.1, 0.15) is 19.3 Å². The Labute approximate surface area is 48.5 Å². The lowest BCUT2D eigenvalue weighted by molar-refractivity contribution is -0.268. The first-order chi connectivity index (χ1) is 3.88. The second-order valence-electron chi connectivity index (χ2n) is 2.66. The van der Waals surface area contributed by atoms with Crippen molar-refractivity contribution in [3.8, 4) is 0 Å². The Morgan fingerprint density at radius 2 is 2.25 bits per heavy atom. The highest BCUT2D eigenvalue weighted by Gasteiger charge is 2.44. The van der Waals surface area contributed by atoms with Crippen LogP contribution in [0.5, 0.6) is 0 Å². The van der Waals surface area contributed by atoms with E-state index in [9.17, 15) is 0 Å². The molecule has 0 radical (unpaired) electrons. The molecule has 1 aliphatic heterocycles. The zero-order chi connectivity index (χ0) is 5.56. The first-order valence-electron chi connectivity index (χ1n) is 3.21. The Balaban J connectivity index is 2.02. The van der Waals surface area contributed by atoms with Gasteiger partial charge in [-0.15, -0.1) is 0 Å². The number of hydrogen-bond acceptors (Lipinski definition) is 2. The Kier molecular flexibility index (Phi) is 0.866. The smallest absolute Gasteiger partial charge is 0.160 e. The van der Waals surface area contributed by atoms with Gasteiger partial charge >= 0.3 is 0 Å². The molecule has 0 aromatic rings. The van der Waals surface area contributed by atoms with Gasteiger partial charge in [0, 0.05) is 5.92 Å². The van der Waals surface area contributed by atoms with Crippen LogP contribution in [0.25, 0.3) is 0 Å². The summed E-state index contributed by atoms with van der Waals surface area (Å²) in [6.07, 6.45) is 3.59. The van der Waals surface area contributed by atoms with Crippen molar-refractivity contribution in [1.29, 1.82) is 0 Å². The Morgan fingerprint density at radius 3 is 2.75 bits per heavy atom. The highest BCUT2D eigenvalue weighted by atomic mass is 16.6. The summed E-state index contributed by atoms with van der Waals surface area (Å²) in [5.41, 5.74) is 0. The van der Waals surface area contributed by atoms with Crippen molar-refractivity contribution in [2.45, 2.75) is 31.7 Å². The van der Waals surface area contributed by atoms with E-state index in [0.717, 1.165) is 0 Å². The molecule has 0 aromatic heterocycles. The molecule has 1 saturated heterocycles. The van der Waals surface area contributed by atoms with E-state index < -0.39 is 6.29 Å². The summed E-state index contributed by atoms with van der Waals surface area (Å²) in [4.78, 5) is 0. The minimum atomic E-state index is -0.414. The molecule has 3 atom stereocenters. The van der Waals surface area contributed by atoms with Crippen molar-refractivity contribution < 1.29 is 9.84 Å². The number of rotatable bonds is 0. The topological polar surface area (TPSA) is 29.5 Å². The lowest BCUT2D eigenvalue weighted by Gasteiger charge is -2.36. The van der Waals surface area contributed by atoms with Crippen LogP contribution in [0.4, 0.5) is 0 Å². The van der Waals surface area contributed by atoms with Gasteiger partial charge in [0.25, 0.3) is 0 Å². The van der Waals surface area contributed by atoms with Gasteiger partial charge in [0.1, 0.15) is 0 Å². The summed E-state index contributed by atoms with van der Waals surface area (Å²) in [6.45, 7) is 0. The number of ether oxygens (including phenoxy) is 1. The summed E-state index contributed by atoms with van der Waals surface area (Å²) in [5, 5.41) is 8.90. The molecule has 1 aliphatic carbocycles. The Bertz CT molecular complexity index is 103. The number of fused-ring (bicyclic) bond motifs is 1. The third-order valence-electron chi connectivity index (χ3n) is 2.18. The second kappa shape index (κ2) is 1.45. The predicted octanol–water partition coefficient (Wildman–Crippen LogP) is 0.504. The van der Waals surface area contributed by atoms with Crippen molar-refractivity contribution in [3.63, 3.8) is 0 Å². The van der Waals surface area contributed by atoms with Crippen LogP contribution >= 0.6 is 0 Å². The molecule has 2 rings (SSSR count).